The first-order chi connectivity index (χ1) is 14.3. The van der Waals surface area contributed by atoms with E-state index in [2.05, 4.69) is 10.6 Å². The van der Waals surface area contributed by atoms with Crippen molar-refractivity contribution in [1.82, 2.24) is 10.6 Å². The van der Waals surface area contributed by atoms with Gasteiger partial charge in [0.25, 0.3) is 0 Å². The van der Waals surface area contributed by atoms with Crippen molar-refractivity contribution in [3.63, 3.8) is 0 Å². The number of nitrogens with one attached hydrogen (secondary N) is 2. The number of aliphatic hydroxyl groups is 1. The average molecular weight is 464 g/mol. The lowest BCUT2D eigenvalue weighted by molar-refractivity contribution is -0.143. The third-order valence-electron chi connectivity index (χ3n) is 5.00. The van der Waals surface area contributed by atoms with Gasteiger partial charge in [-0.25, -0.2) is 4.79 Å². The number of benzene rings is 2. The Kier molecular flexibility index (Phi) is 7.15. The molecule has 3 atom stereocenters. The predicted molar refractivity (Wildman–Crippen MR) is 103 cm³/mol. The highest BCUT2D eigenvalue weighted by molar-refractivity contribution is 5.78. The van der Waals surface area contributed by atoms with E-state index >= 15 is 0 Å². The zero-order valence-electron chi connectivity index (χ0n) is 16.0. The van der Waals surface area contributed by atoms with E-state index < -0.39 is 54.0 Å². The molecule has 0 aliphatic carbocycles. The number of halogens is 6. The van der Waals surface area contributed by atoms with Crippen molar-refractivity contribution >= 4 is 6.03 Å². The van der Waals surface area contributed by atoms with Crippen LogP contribution in [-0.4, -0.2) is 24.0 Å². The Morgan fingerprint density at radius 2 is 1.56 bits per heavy atom. The summed E-state index contributed by atoms with van der Waals surface area (Å²) in [4.78, 5) is 11.8. The van der Waals surface area contributed by atoms with Gasteiger partial charge < -0.3 is 20.5 Å². The molecule has 2 aromatic rings. The Labute approximate surface area is 180 Å². The summed E-state index contributed by atoms with van der Waals surface area (Å²) >= 11 is 0. The smallest absolute Gasteiger partial charge is 0.371 e. The molecular weight excluding hydrogens is 442 g/mol. The van der Waals surface area contributed by atoms with Crippen LogP contribution in [0.5, 0.6) is 0 Å². The van der Waals surface area contributed by atoms with Gasteiger partial charge in [0.05, 0.1) is 23.8 Å². The Bertz CT molecular complexity index is 917. The molecule has 0 spiro atoms. The first-order valence-electron chi connectivity index (χ1n) is 9.06. The second-order valence-corrected chi connectivity index (χ2v) is 7.13. The van der Waals surface area contributed by atoms with Crippen LogP contribution in [0.15, 0.2) is 48.5 Å². The van der Waals surface area contributed by atoms with Gasteiger partial charge in [0.15, 0.2) is 6.23 Å². The fraction of sp³-hybridized carbons (Fsp3) is 0.381. The molecule has 1 fully saturated rings. The summed E-state index contributed by atoms with van der Waals surface area (Å²) in [6.07, 6.45) is -12.6. The second kappa shape index (κ2) is 8.99. The van der Waals surface area contributed by atoms with Crippen LogP contribution in [0.4, 0.5) is 31.1 Å². The van der Waals surface area contributed by atoms with E-state index in [0.717, 1.165) is 0 Å². The highest BCUT2D eigenvalue weighted by Gasteiger charge is 2.48. The fourth-order valence-corrected chi connectivity index (χ4v) is 3.28. The molecule has 1 aliphatic rings. The molecule has 176 valence electrons. The van der Waals surface area contributed by atoms with Crippen LogP contribution in [0, 0.1) is 0 Å². The molecule has 1 aliphatic heterocycles. The molecule has 1 heterocycles. The standard InChI is InChI=1S/C20H18F6N2O3.CH4/c1-11(12-7-14(19(21,22)23)9-15(8-12)20(24,25)26)31-10-18(13-5-3-2-4-6-13)16(29)27-17(30)28-18;/h2-9,11,16,29H,10H2,1H3,(H2,27,28,30);1H4/t11-,16+,18-;/m1./s1. The zero-order chi connectivity index (χ0) is 23.0. The van der Waals surface area contributed by atoms with Gasteiger partial charge in [-0.15, -0.1) is 0 Å². The third kappa shape index (κ3) is 5.16. The minimum Gasteiger partial charge on any atom is -0.371 e. The summed E-state index contributed by atoms with van der Waals surface area (Å²) in [5, 5.41) is 15.2. The lowest BCUT2D eigenvalue weighted by atomic mass is 9.90. The molecule has 0 radical (unpaired) electrons. The van der Waals surface area contributed by atoms with Crippen molar-refractivity contribution in [3.8, 4) is 0 Å². The molecule has 1 saturated heterocycles. The second-order valence-electron chi connectivity index (χ2n) is 7.13. The molecule has 2 amide bonds. The highest BCUT2D eigenvalue weighted by atomic mass is 19.4. The maximum atomic E-state index is 13.1. The van der Waals surface area contributed by atoms with Gasteiger partial charge >= 0.3 is 18.4 Å². The van der Waals surface area contributed by atoms with E-state index in [1.54, 1.807) is 30.3 Å². The van der Waals surface area contributed by atoms with E-state index in [9.17, 15) is 36.2 Å². The monoisotopic (exact) mass is 464 g/mol. The Hall–Kier alpha value is -2.79. The van der Waals surface area contributed by atoms with Crippen molar-refractivity contribution in [1.29, 1.82) is 0 Å². The number of hydrogen-bond donors (Lipinski definition) is 3. The Morgan fingerprint density at radius 3 is 2.00 bits per heavy atom. The maximum absolute atomic E-state index is 13.1. The van der Waals surface area contributed by atoms with E-state index in [-0.39, 0.29) is 19.1 Å². The van der Waals surface area contributed by atoms with Gasteiger partial charge in [0.2, 0.25) is 0 Å². The Balaban J connectivity index is 0.00000363. The van der Waals surface area contributed by atoms with Crippen LogP contribution in [-0.2, 0) is 22.6 Å². The summed E-state index contributed by atoms with van der Waals surface area (Å²) in [5.41, 5.74) is -4.31. The maximum Gasteiger partial charge on any atom is 0.416 e. The zero-order valence-corrected chi connectivity index (χ0v) is 16.0. The largest absolute Gasteiger partial charge is 0.416 e. The van der Waals surface area contributed by atoms with Gasteiger partial charge in [0.1, 0.15) is 5.54 Å². The van der Waals surface area contributed by atoms with Crippen LogP contribution >= 0.6 is 0 Å². The van der Waals surface area contributed by atoms with Gasteiger partial charge in [-0.05, 0) is 36.2 Å². The summed E-state index contributed by atoms with van der Waals surface area (Å²) in [6.45, 7) is 0.862. The predicted octanol–water partition coefficient (Wildman–Crippen LogP) is 4.96. The van der Waals surface area contributed by atoms with Gasteiger partial charge in [-0.1, -0.05) is 37.8 Å². The van der Waals surface area contributed by atoms with Crippen molar-refractivity contribution in [2.24, 2.45) is 0 Å². The van der Waals surface area contributed by atoms with Crippen LogP contribution in [0.25, 0.3) is 0 Å². The quantitative estimate of drug-likeness (QED) is 0.548. The third-order valence-corrected chi connectivity index (χ3v) is 5.00. The molecule has 0 aromatic heterocycles. The highest BCUT2D eigenvalue weighted by Crippen LogP contribution is 2.38. The van der Waals surface area contributed by atoms with Crippen LogP contribution in [0.1, 0.15) is 42.7 Å². The summed E-state index contributed by atoms with van der Waals surface area (Å²) < 4.78 is 84.2. The van der Waals surface area contributed by atoms with E-state index in [0.29, 0.717) is 17.7 Å². The van der Waals surface area contributed by atoms with Gasteiger partial charge in [0, 0.05) is 0 Å². The summed E-state index contributed by atoms with van der Waals surface area (Å²) in [7, 11) is 0. The van der Waals surface area contributed by atoms with E-state index in [1.807, 2.05) is 0 Å². The van der Waals surface area contributed by atoms with Crippen molar-refractivity contribution in [2.45, 2.75) is 44.6 Å². The molecule has 0 bridgehead atoms. The fourth-order valence-electron chi connectivity index (χ4n) is 3.28. The Morgan fingerprint density at radius 1 is 1.03 bits per heavy atom. The summed E-state index contributed by atoms with van der Waals surface area (Å²) in [5.74, 6) is 0. The lowest BCUT2D eigenvalue weighted by Gasteiger charge is -2.33. The van der Waals surface area contributed by atoms with Gasteiger partial charge in [-0.3, -0.25) is 0 Å². The number of ether oxygens (including phenoxy) is 1. The minimum absolute atomic E-state index is 0. The van der Waals surface area contributed by atoms with Crippen LogP contribution in [0.3, 0.4) is 0 Å². The molecule has 3 N–H and O–H groups in total. The number of hydrogen-bond acceptors (Lipinski definition) is 3. The first kappa shape index (κ1) is 25.5. The first-order valence-corrected chi connectivity index (χ1v) is 9.06. The van der Waals surface area contributed by atoms with Crippen molar-refractivity contribution < 1.29 is 41.0 Å². The van der Waals surface area contributed by atoms with Gasteiger partial charge in [-0.2, -0.15) is 26.3 Å². The topological polar surface area (TPSA) is 70.6 Å². The average Bonchev–Trinajstić information content (AvgIpc) is 2.99. The number of aliphatic hydroxyl groups excluding tert-OH is 1. The van der Waals surface area contributed by atoms with Crippen LogP contribution < -0.4 is 10.6 Å². The SMILES string of the molecule is C.C[C@@H](OC[C@]1(c2ccccc2)NC(=O)N[C@H]1O)c1cc(C(F)(F)F)cc(C(F)(F)F)c1. The number of amides is 2. The normalized spacial score (nSPS) is 22.0. The minimum atomic E-state index is -4.99. The molecule has 11 heteroatoms. The van der Waals surface area contributed by atoms with Crippen LogP contribution in [0.2, 0.25) is 0 Å². The lowest BCUT2D eigenvalue weighted by Crippen LogP contribution is -2.50. The van der Waals surface area contributed by atoms with Crippen molar-refractivity contribution in [2.75, 3.05) is 6.61 Å². The molecule has 32 heavy (non-hydrogen) atoms. The number of urea groups is 1. The molecule has 2 aromatic carbocycles. The van der Waals surface area contributed by atoms with E-state index in [1.165, 1.54) is 6.92 Å². The number of carbonyl (C=O) groups is 1. The number of carbonyl (C=O) groups excluding carboxylic acids is 1. The number of rotatable bonds is 5. The molecule has 3 rings (SSSR count). The molecular formula is C21H22F6N2O3. The number of alkyl halides is 6. The van der Waals surface area contributed by atoms with Crippen molar-refractivity contribution in [3.05, 3.63) is 70.8 Å². The molecule has 0 unspecified atom stereocenters. The summed E-state index contributed by atoms with van der Waals surface area (Å²) in [6, 6.07) is 8.65. The van der Waals surface area contributed by atoms with E-state index in [4.69, 9.17) is 4.74 Å². The molecule has 5 nitrogen and oxygen atoms in total. The molecule has 0 saturated carbocycles.